The van der Waals surface area contributed by atoms with E-state index in [1.54, 1.807) is 17.8 Å². The summed E-state index contributed by atoms with van der Waals surface area (Å²) >= 11 is 1.54. The maximum Gasteiger partial charge on any atom is 0.188 e. The van der Waals surface area contributed by atoms with Crippen LogP contribution in [0.15, 0.2) is 76.7 Å². The van der Waals surface area contributed by atoms with Crippen LogP contribution in [0.1, 0.15) is 10.4 Å². The minimum Gasteiger partial charge on any atom is -0.383 e. The van der Waals surface area contributed by atoms with Gasteiger partial charge in [-0.15, -0.1) is 0 Å². The Morgan fingerprint density at radius 1 is 1.00 bits per heavy atom. The van der Waals surface area contributed by atoms with Crippen molar-refractivity contribution in [2.24, 2.45) is 0 Å². The second kappa shape index (κ2) is 6.81. The summed E-state index contributed by atoms with van der Waals surface area (Å²) < 4.78 is 0. The van der Waals surface area contributed by atoms with Crippen LogP contribution in [-0.2, 0) is 0 Å². The summed E-state index contributed by atoms with van der Waals surface area (Å²) in [4.78, 5) is 13.2. The average molecular weight is 269 g/mol. The number of thioether (sulfide) groups is 1. The van der Waals surface area contributed by atoms with Gasteiger partial charge in [0.05, 0.1) is 5.03 Å². The van der Waals surface area contributed by atoms with Gasteiger partial charge in [-0.2, -0.15) is 0 Å². The summed E-state index contributed by atoms with van der Waals surface area (Å²) in [7, 11) is 1.82. The smallest absolute Gasteiger partial charge is 0.188 e. The number of ketones is 1. The van der Waals surface area contributed by atoms with Gasteiger partial charge in [0.15, 0.2) is 5.78 Å². The van der Waals surface area contributed by atoms with E-state index in [0.717, 1.165) is 9.92 Å². The lowest BCUT2D eigenvalue weighted by molar-refractivity contribution is 0.104. The van der Waals surface area contributed by atoms with Crippen LogP contribution >= 0.6 is 11.8 Å². The predicted molar refractivity (Wildman–Crippen MR) is 80.2 cm³/mol. The van der Waals surface area contributed by atoms with E-state index in [1.807, 2.05) is 67.7 Å². The lowest BCUT2D eigenvalue weighted by Gasteiger charge is -2.06. The molecule has 19 heavy (non-hydrogen) atoms. The van der Waals surface area contributed by atoms with Gasteiger partial charge >= 0.3 is 0 Å². The average Bonchev–Trinajstić information content (AvgIpc) is 2.48. The van der Waals surface area contributed by atoms with E-state index in [2.05, 4.69) is 5.32 Å². The number of hydrogen-bond acceptors (Lipinski definition) is 3. The lowest BCUT2D eigenvalue weighted by atomic mass is 10.1. The summed E-state index contributed by atoms with van der Waals surface area (Å²) in [6.45, 7) is 0. The highest BCUT2D eigenvalue weighted by atomic mass is 32.2. The van der Waals surface area contributed by atoms with Crippen molar-refractivity contribution in [2.45, 2.75) is 4.90 Å². The Kier molecular flexibility index (Phi) is 4.81. The van der Waals surface area contributed by atoms with Crippen molar-refractivity contribution >= 4 is 17.5 Å². The monoisotopic (exact) mass is 269 g/mol. The van der Waals surface area contributed by atoms with E-state index in [4.69, 9.17) is 0 Å². The summed E-state index contributed by atoms with van der Waals surface area (Å²) in [6.07, 6.45) is 1.63. The van der Waals surface area contributed by atoms with Crippen molar-refractivity contribution in [1.29, 1.82) is 0 Å². The molecular formula is C16H15NOS. The van der Waals surface area contributed by atoms with Crippen LogP contribution in [0.2, 0.25) is 0 Å². The van der Waals surface area contributed by atoms with E-state index >= 15 is 0 Å². The molecule has 0 saturated heterocycles. The molecule has 2 aromatic rings. The van der Waals surface area contributed by atoms with E-state index in [0.29, 0.717) is 5.56 Å². The Labute approximate surface area is 117 Å². The van der Waals surface area contributed by atoms with Gasteiger partial charge in [-0.1, -0.05) is 60.3 Å². The van der Waals surface area contributed by atoms with Gasteiger partial charge in [0, 0.05) is 23.6 Å². The zero-order chi connectivity index (χ0) is 13.5. The van der Waals surface area contributed by atoms with Crippen LogP contribution in [0.3, 0.4) is 0 Å². The van der Waals surface area contributed by atoms with Crippen LogP contribution in [0.4, 0.5) is 0 Å². The molecule has 2 rings (SSSR count). The van der Waals surface area contributed by atoms with Crippen molar-refractivity contribution < 1.29 is 4.79 Å². The van der Waals surface area contributed by atoms with Crippen LogP contribution in [0, 0.1) is 0 Å². The Hall–Kier alpha value is -2.00. The van der Waals surface area contributed by atoms with Crippen LogP contribution < -0.4 is 5.32 Å². The number of benzene rings is 2. The molecule has 0 fully saturated rings. The molecule has 2 aromatic carbocycles. The van der Waals surface area contributed by atoms with E-state index in [-0.39, 0.29) is 5.78 Å². The highest BCUT2D eigenvalue weighted by Crippen LogP contribution is 2.24. The lowest BCUT2D eigenvalue weighted by Crippen LogP contribution is -2.05. The standard InChI is InChI=1S/C16H15NOS/c1-17-16(19-14-10-6-3-7-11-14)12-15(18)13-8-4-2-5-9-13/h2-12,17H,1H3. The fourth-order valence-electron chi connectivity index (χ4n) is 1.57. The summed E-state index contributed by atoms with van der Waals surface area (Å²) in [6, 6.07) is 19.2. The second-order valence-corrected chi connectivity index (χ2v) is 5.02. The van der Waals surface area contributed by atoms with E-state index in [9.17, 15) is 4.79 Å². The van der Waals surface area contributed by atoms with Gasteiger partial charge < -0.3 is 5.32 Å². The number of hydrogen-bond donors (Lipinski definition) is 1. The van der Waals surface area contributed by atoms with Gasteiger partial charge in [-0.3, -0.25) is 4.79 Å². The molecule has 2 nitrogen and oxygen atoms in total. The first-order valence-corrected chi connectivity index (χ1v) is 6.83. The highest BCUT2D eigenvalue weighted by Gasteiger charge is 2.05. The third-order valence-corrected chi connectivity index (χ3v) is 3.59. The number of carbonyl (C=O) groups excluding carboxylic acids is 1. The number of carbonyl (C=O) groups is 1. The van der Waals surface area contributed by atoms with E-state index in [1.165, 1.54) is 0 Å². The van der Waals surface area contributed by atoms with Gasteiger partial charge in [0.1, 0.15) is 0 Å². The van der Waals surface area contributed by atoms with Crippen molar-refractivity contribution in [3.63, 3.8) is 0 Å². The number of allylic oxidation sites excluding steroid dienone is 1. The van der Waals surface area contributed by atoms with E-state index < -0.39 is 0 Å². The molecule has 0 aliphatic carbocycles. The number of nitrogens with one attached hydrogen (secondary N) is 1. The third kappa shape index (κ3) is 4.00. The Morgan fingerprint density at radius 2 is 1.58 bits per heavy atom. The summed E-state index contributed by atoms with van der Waals surface area (Å²) in [5.74, 6) is 0.00776. The Morgan fingerprint density at radius 3 is 2.16 bits per heavy atom. The van der Waals surface area contributed by atoms with Crippen molar-refractivity contribution in [1.82, 2.24) is 5.32 Å². The molecule has 3 heteroatoms. The van der Waals surface area contributed by atoms with Gasteiger partial charge in [0.2, 0.25) is 0 Å². The second-order valence-electron chi connectivity index (χ2n) is 3.90. The molecule has 0 radical (unpaired) electrons. The summed E-state index contributed by atoms with van der Waals surface area (Å²) in [5, 5.41) is 3.89. The topological polar surface area (TPSA) is 29.1 Å². The molecule has 0 amide bonds. The molecular weight excluding hydrogens is 254 g/mol. The zero-order valence-corrected chi connectivity index (χ0v) is 11.5. The molecule has 1 N–H and O–H groups in total. The largest absolute Gasteiger partial charge is 0.383 e. The molecule has 0 unspecified atom stereocenters. The van der Waals surface area contributed by atoms with Crippen molar-refractivity contribution in [2.75, 3.05) is 7.05 Å². The molecule has 0 aliphatic rings. The van der Waals surface area contributed by atoms with Crippen molar-refractivity contribution in [3.05, 3.63) is 77.3 Å². The maximum atomic E-state index is 12.1. The molecule has 0 saturated carbocycles. The first-order valence-electron chi connectivity index (χ1n) is 6.01. The van der Waals surface area contributed by atoms with Crippen molar-refractivity contribution in [3.8, 4) is 0 Å². The van der Waals surface area contributed by atoms with Crippen LogP contribution in [0.5, 0.6) is 0 Å². The fraction of sp³-hybridized carbons (Fsp3) is 0.0625. The van der Waals surface area contributed by atoms with Crippen LogP contribution in [0.25, 0.3) is 0 Å². The maximum absolute atomic E-state index is 12.1. The minimum absolute atomic E-state index is 0.00776. The molecule has 0 bridgehead atoms. The zero-order valence-electron chi connectivity index (χ0n) is 10.7. The molecule has 0 aromatic heterocycles. The molecule has 0 spiro atoms. The molecule has 0 atom stereocenters. The SMILES string of the molecule is CNC(=CC(=O)c1ccccc1)Sc1ccccc1. The molecule has 0 aliphatic heterocycles. The number of rotatable bonds is 5. The first kappa shape index (κ1) is 13.4. The first-order chi connectivity index (χ1) is 9.29. The third-order valence-electron chi connectivity index (χ3n) is 2.54. The quantitative estimate of drug-likeness (QED) is 0.509. The van der Waals surface area contributed by atoms with Crippen LogP contribution in [-0.4, -0.2) is 12.8 Å². The Balaban J connectivity index is 2.13. The van der Waals surface area contributed by atoms with Gasteiger partial charge in [-0.05, 0) is 12.1 Å². The fourth-order valence-corrected chi connectivity index (χ4v) is 2.39. The van der Waals surface area contributed by atoms with Gasteiger partial charge in [0.25, 0.3) is 0 Å². The highest BCUT2D eigenvalue weighted by molar-refractivity contribution is 8.03. The minimum atomic E-state index is 0.00776. The van der Waals surface area contributed by atoms with Gasteiger partial charge in [-0.25, -0.2) is 0 Å². The summed E-state index contributed by atoms with van der Waals surface area (Å²) in [5.41, 5.74) is 0.698. The Bertz CT molecular complexity index is 564. The molecule has 96 valence electrons. The molecule has 0 heterocycles. The predicted octanol–water partition coefficient (Wildman–Crippen LogP) is 3.72. The normalized spacial score (nSPS) is 11.1.